The molecule has 0 saturated carbocycles. The minimum Gasteiger partial charge on any atom is -0.363 e. The quantitative estimate of drug-likeness (QED) is 0.848. The number of pyridine rings is 1. The summed E-state index contributed by atoms with van der Waals surface area (Å²) in [5, 5.41) is 5.99. The van der Waals surface area contributed by atoms with Crippen molar-refractivity contribution in [1.29, 1.82) is 0 Å². The molecule has 2 N–H and O–H groups in total. The van der Waals surface area contributed by atoms with E-state index in [0.29, 0.717) is 12.5 Å². The molecule has 0 fully saturated rings. The van der Waals surface area contributed by atoms with Crippen LogP contribution in [-0.2, 0) is 6.54 Å². The predicted molar refractivity (Wildman–Crippen MR) is 77.1 cm³/mol. The van der Waals surface area contributed by atoms with Gasteiger partial charge in [0.2, 0.25) is 5.95 Å². The average molecular weight is 275 g/mol. The number of aryl methyl sites for hydroxylation is 1. The van der Waals surface area contributed by atoms with Crippen LogP contribution in [-0.4, -0.2) is 21.5 Å². The van der Waals surface area contributed by atoms with E-state index < -0.39 is 5.82 Å². The van der Waals surface area contributed by atoms with Crippen molar-refractivity contribution in [2.24, 2.45) is 0 Å². The van der Waals surface area contributed by atoms with Crippen LogP contribution >= 0.6 is 0 Å². The van der Waals surface area contributed by atoms with E-state index in [1.807, 2.05) is 26.0 Å². The molecule has 2 aromatic rings. The van der Waals surface area contributed by atoms with Gasteiger partial charge in [0.15, 0.2) is 11.6 Å². The van der Waals surface area contributed by atoms with Crippen molar-refractivity contribution < 1.29 is 4.39 Å². The number of hydrogen-bond donors (Lipinski definition) is 2. The predicted octanol–water partition coefficient (Wildman–Crippen LogP) is 2.75. The Kier molecular flexibility index (Phi) is 4.81. The fourth-order valence-electron chi connectivity index (χ4n) is 1.60. The molecule has 0 unspecified atom stereocenters. The highest BCUT2D eigenvalue weighted by molar-refractivity contribution is 5.41. The molecule has 0 bridgehead atoms. The molecule has 0 aromatic carbocycles. The topological polar surface area (TPSA) is 62.7 Å². The number of nitrogens with one attached hydrogen (secondary N) is 2. The smallest absolute Gasteiger partial charge is 0.224 e. The van der Waals surface area contributed by atoms with Crippen LogP contribution in [0.25, 0.3) is 0 Å². The summed E-state index contributed by atoms with van der Waals surface area (Å²) in [4.78, 5) is 12.2. The van der Waals surface area contributed by atoms with Crippen molar-refractivity contribution in [1.82, 2.24) is 15.0 Å². The number of halogens is 1. The third kappa shape index (κ3) is 3.88. The summed E-state index contributed by atoms with van der Waals surface area (Å²) in [7, 11) is 0. The highest BCUT2D eigenvalue weighted by Crippen LogP contribution is 2.13. The molecule has 2 heterocycles. The zero-order valence-corrected chi connectivity index (χ0v) is 11.7. The number of rotatable bonds is 6. The molecule has 0 aliphatic heterocycles. The molecule has 0 aliphatic rings. The highest BCUT2D eigenvalue weighted by Gasteiger charge is 2.06. The molecule has 0 aliphatic carbocycles. The van der Waals surface area contributed by atoms with Gasteiger partial charge in [-0.25, -0.2) is 9.37 Å². The average Bonchev–Trinajstić information content (AvgIpc) is 2.46. The van der Waals surface area contributed by atoms with Gasteiger partial charge in [-0.2, -0.15) is 4.98 Å². The minimum absolute atomic E-state index is 0.194. The molecule has 2 aromatic heterocycles. The second-order valence-electron chi connectivity index (χ2n) is 4.48. The van der Waals surface area contributed by atoms with E-state index in [-0.39, 0.29) is 5.82 Å². The molecule has 6 heteroatoms. The van der Waals surface area contributed by atoms with Crippen molar-refractivity contribution in [3.63, 3.8) is 0 Å². The fraction of sp³-hybridized carbons (Fsp3) is 0.357. The summed E-state index contributed by atoms with van der Waals surface area (Å²) >= 11 is 0. The normalized spacial score (nSPS) is 10.3. The molecule has 20 heavy (non-hydrogen) atoms. The summed E-state index contributed by atoms with van der Waals surface area (Å²) in [6, 6.07) is 3.87. The van der Waals surface area contributed by atoms with Crippen LogP contribution in [0.15, 0.2) is 24.5 Å². The van der Waals surface area contributed by atoms with Crippen molar-refractivity contribution in [3.05, 3.63) is 41.6 Å². The van der Waals surface area contributed by atoms with E-state index in [1.165, 1.54) is 6.20 Å². The van der Waals surface area contributed by atoms with E-state index >= 15 is 0 Å². The number of hydrogen-bond acceptors (Lipinski definition) is 5. The van der Waals surface area contributed by atoms with Gasteiger partial charge >= 0.3 is 0 Å². The lowest BCUT2D eigenvalue weighted by molar-refractivity contribution is 0.617. The fourth-order valence-corrected chi connectivity index (χ4v) is 1.60. The van der Waals surface area contributed by atoms with Gasteiger partial charge in [0.25, 0.3) is 0 Å². The van der Waals surface area contributed by atoms with Crippen LogP contribution in [0.5, 0.6) is 0 Å². The Morgan fingerprint density at radius 1 is 1.15 bits per heavy atom. The van der Waals surface area contributed by atoms with Gasteiger partial charge < -0.3 is 10.6 Å². The molecular weight excluding hydrogens is 257 g/mol. The van der Waals surface area contributed by atoms with E-state index in [1.54, 1.807) is 6.20 Å². The van der Waals surface area contributed by atoms with Crippen LogP contribution in [0.3, 0.4) is 0 Å². The summed E-state index contributed by atoms with van der Waals surface area (Å²) < 4.78 is 13.6. The molecular formula is C14H18FN5. The second kappa shape index (κ2) is 6.79. The highest BCUT2D eigenvalue weighted by atomic mass is 19.1. The van der Waals surface area contributed by atoms with Gasteiger partial charge in [-0.15, -0.1) is 0 Å². The van der Waals surface area contributed by atoms with Crippen LogP contribution in [0.1, 0.15) is 24.6 Å². The van der Waals surface area contributed by atoms with E-state index in [9.17, 15) is 4.39 Å². The Morgan fingerprint density at radius 2 is 2.00 bits per heavy atom. The first-order valence-electron chi connectivity index (χ1n) is 6.61. The summed E-state index contributed by atoms with van der Waals surface area (Å²) in [6.07, 6.45) is 3.89. The third-order valence-electron chi connectivity index (χ3n) is 2.71. The summed E-state index contributed by atoms with van der Waals surface area (Å²) in [5.41, 5.74) is 1.92. The Morgan fingerprint density at radius 3 is 2.70 bits per heavy atom. The van der Waals surface area contributed by atoms with Crippen LogP contribution < -0.4 is 10.6 Å². The maximum Gasteiger partial charge on any atom is 0.224 e. The zero-order valence-electron chi connectivity index (χ0n) is 11.7. The molecule has 5 nitrogen and oxygen atoms in total. The number of aromatic nitrogens is 3. The van der Waals surface area contributed by atoms with Crippen molar-refractivity contribution in [2.75, 3.05) is 17.2 Å². The monoisotopic (exact) mass is 275 g/mol. The molecule has 0 atom stereocenters. The number of nitrogens with zero attached hydrogens (tertiary/aromatic N) is 3. The van der Waals surface area contributed by atoms with Crippen LogP contribution in [0.2, 0.25) is 0 Å². The van der Waals surface area contributed by atoms with Crippen molar-refractivity contribution in [3.8, 4) is 0 Å². The Hall–Kier alpha value is -2.24. The van der Waals surface area contributed by atoms with Gasteiger partial charge in [-0.05, 0) is 25.0 Å². The van der Waals surface area contributed by atoms with Gasteiger partial charge in [0.1, 0.15) is 0 Å². The Balaban J connectivity index is 2.02. The Labute approximate surface area is 117 Å². The lowest BCUT2D eigenvalue weighted by Gasteiger charge is -2.09. The summed E-state index contributed by atoms with van der Waals surface area (Å²) in [6.45, 7) is 5.19. The van der Waals surface area contributed by atoms with E-state index in [4.69, 9.17) is 0 Å². The number of anilines is 2. The summed E-state index contributed by atoms with van der Waals surface area (Å²) in [5.74, 6) is 0.157. The second-order valence-corrected chi connectivity index (χ2v) is 4.48. The largest absolute Gasteiger partial charge is 0.363 e. The van der Waals surface area contributed by atoms with Crippen molar-refractivity contribution in [2.45, 2.75) is 26.8 Å². The lowest BCUT2D eigenvalue weighted by Crippen LogP contribution is -2.09. The first kappa shape index (κ1) is 14.2. The van der Waals surface area contributed by atoms with Gasteiger partial charge in [0, 0.05) is 25.0 Å². The molecule has 0 amide bonds. The lowest BCUT2D eigenvalue weighted by atomic mass is 10.2. The van der Waals surface area contributed by atoms with Crippen LogP contribution in [0, 0.1) is 12.7 Å². The first-order chi connectivity index (χ1) is 9.69. The van der Waals surface area contributed by atoms with Gasteiger partial charge in [0.05, 0.1) is 6.20 Å². The SMILES string of the molecule is CCCNc1ncc(F)c(NCc2ccc(C)nc2)n1. The Bertz CT molecular complexity index is 556. The van der Waals surface area contributed by atoms with Gasteiger partial charge in [-0.1, -0.05) is 13.0 Å². The molecule has 0 radical (unpaired) electrons. The maximum atomic E-state index is 13.6. The molecule has 0 saturated heterocycles. The minimum atomic E-state index is -0.466. The third-order valence-corrected chi connectivity index (χ3v) is 2.71. The van der Waals surface area contributed by atoms with Crippen molar-refractivity contribution >= 4 is 11.8 Å². The van der Waals surface area contributed by atoms with Crippen LogP contribution in [0.4, 0.5) is 16.2 Å². The van der Waals surface area contributed by atoms with E-state index in [0.717, 1.165) is 24.2 Å². The van der Waals surface area contributed by atoms with E-state index in [2.05, 4.69) is 25.6 Å². The van der Waals surface area contributed by atoms with Gasteiger partial charge in [-0.3, -0.25) is 4.98 Å². The molecule has 2 rings (SSSR count). The molecule has 106 valence electrons. The standard InChI is InChI=1S/C14H18FN5/c1-3-6-16-14-19-9-12(15)13(20-14)18-8-11-5-4-10(2)17-7-11/h4-5,7,9H,3,6,8H2,1-2H3,(H2,16,18,19,20). The maximum absolute atomic E-state index is 13.6. The first-order valence-corrected chi connectivity index (χ1v) is 6.61. The zero-order chi connectivity index (χ0) is 14.4. The molecule has 0 spiro atoms.